The van der Waals surface area contributed by atoms with E-state index in [4.69, 9.17) is 0 Å². The van der Waals surface area contributed by atoms with Crippen LogP contribution in [0.1, 0.15) is 44.6 Å². The summed E-state index contributed by atoms with van der Waals surface area (Å²) in [7, 11) is -3.29. The molecule has 1 aromatic carbocycles. The molecule has 3 heterocycles. The van der Waals surface area contributed by atoms with Crippen molar-refractivity contribution >= 4 is 16.0 Å². The van der Waals surface area contributed by atoms with Crippen LogP contribution in [0.2, 0.25) is 0 Å². The van der Waals surface area contributed by atoms with Gasteiger partial charge in [0, 0.05) is 37.6 Å². The fourth-order valence-corrected chi connectivity index (χ4v) is 6.04. The normalized spacial score (nSPS) is 21.7. The van der Waals surface area contributed by atoms with Crippen LogP contribution in [0, 0.1) is 5.82 Å². The van der Waals surface area contributed by atoms with E-state index in [-0.39, 0.29) is 23.9 Å². The molecule has 0 spiro atoms. The molecule has 0 radical (unpaired) electrons. The highest BCUT2D eigenvalue weighted by atomic mass is 32.2. The summed E-state index contributed by atoms with van der Waals surface area (Å²) < 4.78 is 42.1. The first-order valence-corrected chi connectivity index (χ1v) is 14.4. The van der Waals surface area contributed by atoms with Crippen LogP contribution in [0.5, 0.6) is 0 Å². The molecule has 5 rings (SSSR count). The quantitative estimate of drug-likeness (QED) is 0.502. The van der Waals surface area contributed by atoms with Gasteiger partial charge in [-0.15, -0.1) is 0 Å². The lowest BCUT2D eigenvalue weighted by Crippen LogP contribution is -2.40. The molecule has 12 heteroatoms. The molecule has 1 saturated heterocycles. The third kappa shape index (κ3) is 5.60. The van der Waals surface area contributed by atoms with Crippen molar-refractivity contribution in [2.45, 2.75) is 56.7 Å². The third-order valence-electron chi connectivity index (χ3n) is 7.23. The largest absolute Gasteiger partial charge is 0.393 e. The molecule has 1 aliphatic carbocycles. The fourth-order valence-electron chi connectivity index (χ4n) is 5.17. The van der Waals surface area contributed by atoms with Gasteiger partial charge < -0.3 is 10.4 Å². The lowest BCUT2D eigenvalue weighted by molar-refractivity contribution is 0.126. The number of halogens is 1. The molecule has 0 bridgehead atoms. The zero-order chi connectivity index (χ0) is 26.2. The van der Waals surface area contributed by atoms with Crippen molar-refractivity contribution in [3.63, 3.8) is 0 Å². The zero-order valence-corrected chi connectivity index (χ0v) is 21.4. The third-order valence-corrected chi connectivity index (χ3v) is 8.54. The summed E-state index contributed by atoms with van der Waals surface area (Å²) in [6.45, 7) is 0.676. The number of aromatic nitrogens is 4. The first kappa shape index (κ1) is 25.6. The molecule has 1 saturated carbocycles. The van der Waals surface area contributed by atoms with Crippen molar-refractivity contribution in [3.8, 4) is 17.1 Å². The monoisotopic (exact) mass is 530 g/mol. The summed E-state index contributed by atoms with van der Waals surface area (Å²) in [6, 6.07) is 7.40. The second kappa shape index (κ2) is 10.3. The van der Waals surface area contributed by atoms with Gasteiger partial charge in [-0.3, -0.25) is 9.13 Å². The average Bonchev–Trinajstić information content (AvgIpc) is 3.23. The zero-order valence-electron chi connectivity index (χ0n) is 20.6. The molecular formula is C25H31FN6O4S. The molecule has 0 amide bonds. The van der Waals surface area contributed by atoms with Crippen LogP contribution in [0.4, 0.5) is 10.3 Å². The number of aliphatic hydroxyl groups excluding tert-OH is 1. The first-order chi connectivity index (χ1) is 17.7. The fraction of sp³-hybridized carbons (Fsp3) is 0.480. The van der Waals surface area contributed by atoms with Crippen LogP contribution in [-0.4, -0.2) is 68.4 Å². The number of sulfonamides is 1. The Morgan fingerprint density at radius 2 is 1.70 bits per heavy atom. The van der Waals surface area contributed by atoms with Crippen LogP contribution in [0.25, 0.3) is 17.1 Å². The van der Waals surface area contributed by atoms with E-state index in [1.54, 1.807) is 35.2 Å². The summed E-state index contributed by atoms with van der Waals surface area (Å²) in [5.74, 6) is 0.0308. The van der Waals surface area contributed by atoms with Gasteiger partial charge in [0.05, 0.1) is 29.4 Å². The van der Waals surface area contributed by atoms with Gasteiger partial charge in [0.2, 0.25) is 16.0 Å². The molecular weight excluding hydrogens is 499 g/mol. The summed E-state index contributed by atoms with van der Waals surface area (Å²) in [5, 5.41) is 13.1. The van der Waals surface area contributed by atoms with Crippen LogP contribution < -0.4 is 11.0 Å². The highest BCUT2D eigenvalue weighted by Gasteiger charge is 2.29. The summed E-state index contributed by atoms with van der Waals surface area (Å²) in [5.41, 5.74) is 1.27. The van der Waals surface area contributed by atoms with Gasteiger partial charge in [0.25, 0.3) is 0 Å². The summed E-state index contributed by atoms with van der Waals surface area (Å²) in [4.78, 5) is 22.7. The van der Waals surface area contributed by atoms with Crippen LogP contribution in [0.3, 0.4) is 0 Å². The van der Waals surface area contributed by atoms with Gasteiger partial charge in [-0.05, 0) is 68.9 Å². The van der Waals surface area contributed by atoms with Gasteiger partial charge >= 0.3 is 5.69 Å². The Morgan fingerprint density at radius 1 is 1.03 bits per heavy atom. The number of hydrogen-bond donors (Lipinski definition) is 2. The predicted molar refractivity (Wildman–Crippen MR) is 138 cm³/mol. The van der Waals surface area contributed by atoms with Crippen LogP contribution in [0.15, 0.2) is 47.5 Å². The minimum atomic E-state index is -3.29. The first-order valence-electron chi connectivity index (χ1n) is 12.5. The molecule has 2 aliphatic rings. The number of benzene rings is 1. The molecule has 0 unspecified atom stereocenters. The number of anilines is 1. The maximum absolute atomic E-state index is 13.7. The molecule has 0 atom stereocenters. The Hall–Kier alpha value is -3.09. The van der Waals surface area contributed by atoms with E-state index < -0.39 is 15.8 Å². The molecule has 3 aromatic rings. The number of imidazole rings is 1. The Balaban J connectivity index is 1.49. The maximum atomic E-state index is 13.7. The van der Waals surface area contributed by atoms with Crippen molar-refractivity contribution in [2.75, 3.05) is 24.7 Å². The van der Waals surface area contributed by atoms with E-state index in [9.17, 15) is 22.7 Å². The van der Waals surface area contributed by atoms with E-state index in [2.05, 4.69) is 15.3 Å². The van der Waals surface area contributed by atoms with Gasteiger partial charge in [-0.1, -0.05) is 0 Å². The highest BCUT2D eigenvalue weighted by molar-refractivity contribution is 7.88. The van der Waals surface area contributed by atoms with Crippen molar-refractivity contribution in [1.82, 2.24) is 23.4 Å². The minimum Gasteiger partial charge on any atom is -0.393 e. The van der Waals surface area contributed by atoms with E-state index in [1.807, 2.05) is 0 Å². The number of rotatable bonds is 6. The number of piperidine rings is 1. The molecule has 2 fully saturated rings. The minimum absolute atomic E-state index is 0.155. The highest BCUT2D eigenvalue weighted by Crippen LogP contribution is 2.28. The standard InChI is InChI=1S/C25H31FN6O4S/c1-37(35,36)30-14-11-19(12-15-30)31-16-23(32(25(31)34)20-6-2-17(26)3-7-20)22-10-13-27-24(29-22)28-18-4-8-21(33)9-5-18/h2-3,6-7,10,13,16,18-19,21,33H,4-5,8-9,11-12,14-15H2,1H3,(H,27,28,29). The Morgan fingerprint density at radius 3 is 2.35 bits per heavy atom. The number of nitrogens with zero attached hydrogens (tertiary/aromatic N) is 5. The van der Waals surface area contributed by atoms with Crippen molar-refractivity contribution in [3.05, 3.63) is 59.0 Å². The van der Waals surface area contributed by atoms with Gasteiger partial charge in [-0.25, -0.2) is 31.9 Å². The van der Waals surface area contributed by atoms with Crippen molar-refractivity contribution in [2.24, 2.45) is 0 Å². The molecule has 2 aromatic heterocycles. The topological polar surface area (TPSA) is 122 Å². The summed E-state index contributed by atoms with van der Waals surface area (Å²) >= 11 is 0. The SMILES string of the molecule is CS(=O)(=O)N1CCC(n2cc(-c3ccnc(NC4CCC(O)CC4)n3)n(-c3ccc(F)cc3)c2=O)CC1. The van der Waals surface area contributed by atoms with Gasteiger partial charge in [0.1, 0.15) is 5.82 Å². The van der Waals surface area contributed by atoms with E-state index in [1.165, 1.54) is 27.3 Å². The number of nitrogens with one attached hydrogen (secondary N) is 1. The van der Waals surface area contributed by atoms with E-state index >= 15 is 0 Å². The van der Waals surface area contributed by atoms with Crippen molar-refractivity contribution in [1.29, 1.82) is 0 Å². The molecule has 1 aliphatic heterocycles. The maximum Gasteiger partial charge on any atom is 0.333 e. The van der Waals surface area contributed by atoms with Crippen molar-refractivity contribution < 1.29 is 17.9 Å². The molecule has 2 N–H and O–H groups in total. The summed E-state index contributed by atoms with van der Waals surface area (Å²) in [6.07, 6.45) is 8.39. The van der Waals surface area contributed by atoms with Gasteiger partial charge in [-0.2, -0.15) is 0 Å². The Labute approximate surface area is 214 Å². The average molecular weight is 531 g/mol. The molecule has 10 nitrogen and oxygen atoms in total. The Bertz CT molecular complexity index is 1410. The van der Waals surface area contributed by atoms with Gasteiger partial charge in [0.15, 0.2) is 0 Å². The van der Waals surface area contributed by atoms with Crippen LogP contribution in [-0.2, 0) is 10.0 Å². The van der Waals surface area contributed by atoms with Crippen LogP contribution >= 0.6 is 0 Å². The van der Waals surface area contributed by atoms with E-state index in [0.717, 1.165) is 25.7 Å². The number of hydrogen-bond acceptors (Lipinski definition) is 7. The number of aliphatic hydroxyl groups is 1. The predicted octanol–water partition coefficient (Wildman–Crippen LogP) is 2.55. The van der Waals surface area contributed by atoms with E-state index in [0.29, 0.717) is 49.0 Å². The lowest BCUT2D eigenvalue weighted by Gasteiger charge is -2.30. The molecule has 198 valence electrons. The molecule has 37 heavy (non-hydrogen) atoms. The second-order valence-electron chi connectivity index (χ2n) is 9.82. The Kier molecular flexibility index (Phi) is 7.15. The second-order valence-corrected chi connectivity index (χ2v) is 11.8. The lowest BCUT2D eigenvalue weighted by atomic mass is 9.93. The smallest absolute Gasteiger partial charge is 0.333 e.